The number of hydrogen-bond acceptors (Lipinski definition) is 3. The van der Waals surface area contributed by atoms with E-state index in [1.807, 2.05) is 0 Å². The first-order valence-corrected chi connectivity index (χ1v) is 9.71. The number of aromatic nitrogens is 1. The van der Waals surface area contributed by atoms with Gasteiger partial charge in [0, 0.05) is 31.5 Å². The second kappa shape index (κ2) is 6.22. The minimum absolute atomic E-state index is 0.318. The molecule has 1 unspecified atom stereocenters. The molecule has 1 saturated heterocycles. The molecule has 3 nitrogen and oxygen atoms in total. The number of fused-ring (bicyclic) bond motifs is 2. The molecule has 2 heterocycles. The summed E-state index contributed by atoms with van der Waals surface area (Å²) in [6.07, 6.45) is 7.10. The van der Waals surface area contributed by atoms with Crippen LogP contribution < -0.4 is 5.32 Å². The molecule has 0 saturated carbocycles. The molecule has 1 aliphatic heterocycles. The lowest BCUT2D eigenvalue weighted by atomic mass is 9.74. The van der Waals surface area contributed by atoms with Gasteiger partial charge in [-0.25, -0.2) is 0 Å². The van der Waals surface area contributed by atoms with E-state index in [1.54, 1.807) is 0 Å². The highest BCUT2D eigenvalue weighted by atomic mass is 16.5. The number of pyridine rings is 1. The van der Waals surface area contributed by atoms with Crippen LogP contribution in [-0.4, -0.2) is 18.2 Å². The molecule has 3 aliphatic rings. The van der Waals surface area contributed by atoms with E-state index in [-0.39, 0.29) is 0 Å². The van der Waals surface area contributed by atoms with Crippen LogP contribution >= 0.6 is 0 Å². The molecule has 25 heavy (non-hydrogen) atoms. The van der Waals surface area contributed by atoms with Crippen LogP contribution in [0.1, 0.15) is 53.4 Å². The van der Waals surface area contributed by atoms with Gasteiger partial charge in [-0.15, -0.1) is 0 Å². The van der Waals surface area contributed by atoms with Crippen LogP contribution in [0.5, 0.6) is 0 Å². The third-order valence-electron chi connectivity index (χ3n) is 6.48. The molecule has 1 atom stereocenters. The largest absolute Gasteiger partial charge is 0.381 e. The average Bonchev–Trinajstić information content (AvgIpc) is 3.22. The van der Waals surface area contributed by atoms with E-state index in [2.05, 4.69) is 41.7 Å². The second-order valence-electron chi connectivity index (χ2n) is 7.93. The van der Waals surface area contributed by atoms with Crippen molar-refractivity contribution in [3.05, 3.63) is 64.5 Å². The quantitative estimate of drug-likeness (QED) is 0.928. The zero-order valence-corrected chi connectivity index (χ0v) is 14.8. The van der Waals surface area contributed by atoms with Crippen LogP contribution in [-0.2, 0) is 30.5 Å². The molecule has 1 fully saturated rings. The second-order valence-corrected chi connectivity index (χ2v) is 7.93. The van der Waals surface area contributed by atoms with E-state index in [0.29, 0.717) is 11.5 Å². The number of rotatable bonds is 3. The molecule has 1 aromatic carbocycles. The van der Waals surface area contributed by atoms with Gasteiger partial charge in [0.25, 0.3) is 0 Å². The lowest BCUT2D eigenvalue weighted by molar-refractivity contribution is -0.000280. The molecule has 0 radical (unpaired) electrons. The van der Waals surface area contributed by atoms with Gasteiger partial charge in [0.05, 0.1) is 5.69 Å². The highest BCUT2D eigenvalue weighted by molar-refractivity contribution is 5.38. The summed E-state index contributed by atoms with van der Waals surface area (Å²) < 4.78 is 5.68. The van der Waals surface area contributed by atoms with Gasteiger partial charge in [-0.3, -0.25) is 4.98 Å². The van der Waals surface area contributed by atoms with Crippen LogP contribution in [0, 0.1) is 5.41 Å². The third kappa shape index (κ3) is 2.70. The molecule has 5 rings (SSSR count). The van der Waals surface area contributed by atoms with Crippen molar-refractivity contribution in [1.29, 1.82) is 0 Å². The summed E-state index contributed by atoms with van der Waals surface area (Å²) in [5.41, 5.74) is 7.29. The summed E-state index contributed by atoms with van der Waals surface area (Å²) in [7, 11) is 0. The van der Waals surface area contributed by atoms with Crippen molar-refractivity contribution in [2.45, 2.75) is 51.1 Å². The summed E-state index contributed by atoms with van der Waals surface area (Å²) in [4.78, 5) is 4.92. The molecule has 2 aliphatic carbocycles. The summed E-state index contributed by atoms with van der Waals surface area (Å²) in [6.45, 7) is 2.64. The smallest absolute Gasteiger partial charge is 0.0545 e. The summed E-state index contributed by atoms with van der Waals surface area (Å²) in [5, 5.41) is 3.89. The molecule has 1 aromatic heterocycles. The highest BCUT2D eigenvalue weighted by Gasteiger charge is 2.46. The van der Waals surface area contributed by atoms with E-state index < -0.39 is 0 Å². The lowest BCUT2D eigenvalue weighted by Crippen LogP contribution is -2.40. The fraction of sp³-hybridized carbons (Fsp3) is 0.500. The Morgan fingerprint density at radius 1 is 1.04 bits per heavy atom. The predicted molar refractivity (Wildman–Crippen MR) is 98.5 cm³/mol. The first-order chi connectivity index (χ1) is 12.3. The fourth-order valence-corrected chi connectivity index (χ4v) is 5.13. The maximum Gasteiger partial charge on any atom is 0.0545 e. The maximum absolute atomic E-state index is 5.68. The van der Waals surface area contributed by atoms with Crippen molar-refractivity contribution in [1.82, 2.24) is 10.3 Å². The number of hydrogen-bond donors (Lipinski definition) is 1. The van der Waals surface area contributed by atoms with Crippen LogP contribution in [0.15, 0.2) is 36.4 Å². The van der Waals surface area contributed by atoms with Gasteiger partial charge in [-0.05, 0) is 66.7 Å². The molecule has 2 aromatic rings. The Hall–Kier alpha value is -1.71. The molecule has 0 bridgehead atoms. The molecule has 1 N–H and O–H groups in total. The van der Waals surface area contributed by atoms with E-state index in [4.69, 9.17) is 9.72 Å². The molecule has 3 heteroatoms. The normalized spacial score (nSPS) is 23.6. The topological polar surface area (TPSA) is 34.1 Å². The van der Waals surface area contributed by atoms with Crippen LogP contribution in [0.4, 0.5) is 0 Å². The van der Waals surface area contributed by atoms with Gasteiger partial charge in [-0.2, -0.15) is 0 Å². The predicted octanol–water partition coefficient (Wildman–Crippen LogP) is 3.75. The van der Waals surface area contributed by atoms with Crippen molar-refractivity contribution in [2.24, 2.45) is 5.41 Å². The zero-order valence-electron chi connectivity index (χ0n) is 14.8. The van der Waals surface area contributed by atoms with Gasteiger partial charge in [0.2, 0.25) is 0 Å². The SMILES string of the molecule is c1ccc2c(c1)CC1(CCOCC1)C2NCc1ccc2c(n1)CCC2. The molecular formula is C22H26N2O. The first-order valence-electron chi connectivity index (χ1n) is 9.71. The third-order valence-corrected chi connectivity index (χ3v) is 6.48. The van der Waals surface area contributed by atoms with Crippen LogP contribution in [0.3, 0.4) is 0 Å². The van der Waals surface area contributed by atoms with Crippen molar-refractivity contribution in [3.63, 3.8) is 0 Å². The Labute approximate surface area is 149 Å². The van der Waals surface area contributed by atoms with Crippen molar-refractivity contribution < 1.29 is 4.74 Å². The lowest BCUT2D eigenvalue weighted by Gasteiger charge is -2.39. The Balaban J connectivity index is 1.40. The molecule has 1 spiro atoms. The first kappa shape index (κ1) is 15.5. The maximum atomic E-state index is 5.68. The Kier molecular flexibility index (Phi) is 3.87. The van der Waals surface area contributed by atoms with Crippen LogP contribution in [0.25, 0.3) is 0 Å². The van der Waals surface area contributed by atoms with E-state index >= 15 is 0 Å². The number of ether oxygens (including phenoxy) is 1. The van der Waals surface area contributed by atoms with E-state index in [0.717, 1.165) is 39.0 Å². The Morgan fingerprint density at radius 3 is 2.84 bits per heavy atom. The Morgan fingerprint density at radius 2 is 1.92 bits per heavy atom. The van der Waals surface area contributed by atoms with E-state index in [9.17, 15) is 0 Å². The van der Waals surface area contributed by atoms with Gasteiger partial charge in [0.15, 0.2) is 0 Å². The van der Waals surface area contributed by atoms with Gasteiger partial charge in [0.1, 0.15) is 0 Å². The average molecular weight is 334 g/mol. The number of aryl methyl sites for hydroxylation is 2. The standard InChI is InChI=1S/C22H26N2O/c1-2-6-19-17(4-1)14-22(10-12-25-13-11-22)21(19)23-15-18-9-8-16-5-3-7-20(16)24-18/h1-2,4,6,8-9,21,23H,3,5,7,10-15H2. The fourth-order valence-electron chi connectivity index (χ4n) is 5.13. The van der Waals surface area contributed by atoms with Gasteiger partial charge >= 0.3 is 0 Å². The molecule has 130 valence electrons. The number of benzene rings is 1. The zero-order chi connectivity index (χ0) is 16.7. The number of nitrogens with one attached hydrogen (secondary N) is 1. The van der Waals surface area contributed by atoms with Crippen LogP contribution in [0.2, 0.25) is 0 Å². The minimum atomic E-state index is 0.318. The summed E-state index contributed by atoms with van der Waals surface area (Å²) in [6, 6.07) is 13.9. The van der Waals surface area contributed by atoms with Gasteiger partial charge < -0.3 is 10.1 Å². The molecule has 0 amide bonds. The highest BCUT2D eigenvalue weighted by Crippen LogP contribution is 2.51. The van der Waals surface area contributed by atoms with Crippen molar-refractivity contribution >= 4 is 0 Å². The number of nitrogens with zero attached hydrogens (tertiary/aromatic N) is 1. The van der Waals surface area contributed by atoms with Crippen molar-refractivity contribution in [2.75, 3.05) is 13.2 Å². The van der Waals surface area contributed by atoms with E-state index in [1.165, 1.54) is 47.3 Å². The minimum Gasteiger partial charge on any atom is -0.381 e. The van der Waals surface area contributed by atoms with Gasteiger partial charge in [-0.1, -0.05) is 30.3 Å². The monoisotopic (exact) mass is 334 g/mol. The Bertz CT molecular complexity index is 779. The van der Waals surface area contributed by atoms with Crippen molar-refractivity contribution in [3.8, 4) is 0 Å². The summed E-state index contributed by atoms with van der Waals surface area (Å²) in [5.74, 6) is 0. The summed E-state index contributed by atoms with van der Waals surface area (Å²) >= 11 is 0. The molecular weight excluding hydrogens is 308 g/mol.